The lowest BCUT2D eigenvalue weighted by molar-refractivity contribution is -0.144. The first-order valence-electron chi connectivity index (χ1n) is 9.79. The molecular formula is C22H19F3N6O. The van der Waals surface area contributed by atoms with Gasteiger partial charge >= 0.3 is 6.18 Å². The van der Waals surface area contributed by atoms with E-state index >= 15 is 0 Å². The van der Waals surface area contributed by atoms with Crippen molar-refractivity contribution in [3.8, 4) is 0 Å². The zero-order valence-electron chi connectivity index (χ0n) is 17.3. The van der Waals surface area contributed by atoms with Crippen LogP contribution in [-0.2, 0) is 23.9 Å². The molecule has 0 saturated heterocycles. The van der Waals surface area contributed by atoms with E-state index in [1.165, 1.54) is 0 Å². The number of carbonyl (C=O) groups excluding carboxylic acids is 1. The van der Waals surface area contributed by atoms with Gasteiger partial charge in [0.25, 0.3) is 11.6 Å². The van der Waals surface area contributed by atoms with Crippen molar-refractivity contribution in [3.63, 3.8) is 0 Å². The average molecular weight is 440 g/mol. The lowest BCUT2D eigenvalue weighted by Gasteiger charge is -2.23. The highest BCUT2D eigenvalue weighted by Gasteiger charge is 2.37. The first-order valence-corrected chi connectivity index (χ1v) is 9.79. The maximum atomic E-state index is 13.4. The van der Waals surface area contributed by atoms with Gasteiger partial charge in [-0.25, -0.2) is 14.5 Å². The lowest BCUT2D eigenvalue weighted by atomic mass is 10.1. The number of alkyl halides is 3. The van der Waals surface area contributed by atoms with Crippen molar-refractivity contribution in [3.05, 3.63) is 83.1 Å². The second-order valence-corrected chi connectivity index (χ2v) is 7.24. The van der Waals surface area contributed by atoms with E-state index in [1.807, 2.05) is 30.3 Å². The van der Waals surface area contributed by atoms with Crippen molar-refractivity contribution < 1.29 is 18.0 Å². The SMILES string of the molecule is Cc1nc2nc(C(F)(F)F)nn2c(C)c1CC(=O)N(Cc1ccccc1)c1ccccn1. The summed E-state index contributed by atoms with van der Waals surface area (Å²) >= 11 is 0. The van der Waals surface area contributed by atoms with Crippen molar-refractivity contribution in [1.29, 1.82) is 0 Å². The highest BCUT2D eigenvalue weighted by molar-refractivity contribution is 5.94. The van der Waals surface area contributed by atoms with Crippen molar-refractivity contribution >= 4 is 17.5 Å². The third-order valence-corrected chi connectivity index (χ3v) is 5.04. The Morgan fingerprint density at radius 1 is 1.03 bits per heavy atom. The highest BCUT2D eigenvalue weighted by Crippen LogP contribution is 2.27. The Labute approximate surface area is 181 Å². The molecule has 10 heteroatoms. The Bertz CT molecular complexity index is 1260. The molecule has 0 bridgehead atoms. The Kier molecular flexibility index (Phi) is 5.60. The quantitative estimate of drug-likeness (QED) is 0.470. The third kappa shape index (κ3) is 4.29. The van der Waals surface area contributed by atoms with Crippen LogP contribution in [-0.4, -0.2) is 30.5 Å². The molecule has 3 heterocycles. The lowest BCUT2D eigenvalue weighted by Crippen LogP contribution is -2.33. The number of hydrogen-bond donors (Lipinski definition) is 0. The molecule has 0 unspecified atom stereocenters. The summed E-state index contributed by atoms with van der Waals surface area (Å²) < 4.78 is 40.1. The minimum atomic E-state index is -4.69. The summed E-state index contributed by atoms with van der Waals surface area (Å²) in [5, 5.41) is 3.54. The molecule has 0 saturated carbocycles. The summed E-state index contributed by atoms with van der Waals surface area (Å²) in [6.45, 7) is 3.54. The predicted molar refractivity (Wildman–Crippen MR) is 111 cm³/mol. The molecule has 0 aliphatic heterocycles. The van der Waals surface area contributed by atoms with E-state index in [2.05, 4.69) is 20.1 Å². The summed E-state index contributed by atoms with van der Waals surface area (Å²) in [5.41, 5.74) is 2.21. The number of aromatic nitrogens is 5. The van der Waals surface area contributed by atoms with Gasteiger partial charge in [-0.2, -0.15) is 18.2 Å². The van der Waals surface area contributed by atoms with E-state index in [0.29, 0.717) is 29.3 Å². The van der Waals surface area contributed by atoms with Gasteiger partial charge in [0.15, 0.2) is 0 Å². The van der Waals surface area contributed by atoms with E-state index in [0.717, 1.165) is 10.1 Å². The molecule has 4 aromatic rings. The van der Waals surface area contributed by atoms with Gasteiger partial charge in [-0.15, -0.1) is 5.10 Å². The van der Waals surface area contributed by atoms with E-state index in [4.69, 9.17) is 0 Å². The van der Waals surface area contributed by atoms with Crippen molar-refractivity contribution in [2.24, 2.45) is 0 Å². The maximum Gasteiger partial charge on any atom is 0.453 e. The van der Waals surface area contributed by atoms with Gasteiger partial charge in [0, 0.05) is 23.1 Å². The predicted octanol–water partition coefficient (Wildman–Crippen LogP) is 3.93. The largest absolute Gasteiger partial charge is 0.453 e. The number of carbonyl (C=O) groups is 1. The van der Waals surface area contributed by atoms with Gasteiger partial charge in [-0.3, -0.25) is 9.69 Å². The fourth-order valence-electron chi connectivity index (χ4n) is 3.41. The smallest absolute Gasteiger partial charge is 0.292 e. The molecule has 7 nitrogen and oxygen atoms in total. The molecule has 164 valence electrons. The summed E-state index contributed by atoms with van der Waals surface area (Å²) in [4.78, 5) is 26.8. The molecule has 32 heavy (non-hydrogen) atoms. The first kappa shape index (κ1) is 21.4. The average Bonchev–Trinajstić information content (AvgIpc) is 3.21. The molecule has 0 radical (unpaired) electrons. The number of pyridine rings is 1. The second-order valence-electron chi connectivity index (χ2n) is 7.24. The summed E-state index contributed by atoms with van der Waals surface area (Å²) in [5.74, 6) is -1.22. The van der Waals surface area contributed by atoms with Gasteiger partial charge in [0.05, 0.1) is 13.0 Å². The minimum absolute atomic E-state index is 0.0781. The fourth-order valence-corrected chi connectivity index (χ4v) is 3.41. The summed E-state index contributed by atoms with van der Waals surface area (Å²) in [7, 11) is 0. The van der Waals surface area contributed by atoms with Crippen LogP contribution in [0.3, 0.4) is 0 Å². The molecule has 0 aliphatic carbocycles. The summed E-state index contributed by atoms with van der Waals surface area (Å²) in [6, 6.07) is 14.7. The van der Waals surface area contributed by atoms with Crippen LogP contribution in [0.1, 0.15) is 28.3 Å². The fraction of sp³-hybridized carbons (Fsp3) is 0.227. The van der Waals surface area contributed by atoms with Crippen LogP contribution in [0.5, 0.6) is 0 Å². The standard InChI is InChI=1S/C22H19F3N6O/c1-14-17(15(2)31-21(27-14)28-20(29-31)22(23,24)25)12-19(32)30(18-10-6-7-11-26-18)13-16-8-4-3-5-9-16/h3-11H,12-13H2,1-2H3. The first-order chi connectivity index (χ1) is 15.2. The Morgan fingerprint density at radius 2 is 1.75 bits per heavy atom. The van der Waals surface area contributed by atoms with E-state index in [9.17, 15) is 18.0 Å². The number of rotatable bonds is 5. The van der Waals surface area contributed by atoms with Gasteiger partial charge in [-0.05, 0) is 31.5 Å². The zero-order chi connectivity index (χ0) is 22.9. The monoisotopic (exact) mass is 440 g/mol. The van der Waals surface area contributed by atoms with Gasteiger partial charge < -0.3 is 0 Å². The van der Waals surface area contributed by atoms with Crippen LogP contribution < -0.4 is 4.90 Å². The minimum Gasteiger partial charge on any atom is -0.292 e. The van der Waals surface area contributed by atoms with Crippen LogP contribution in [0.2, 0.25) is 0 Å². The molecule has 0 fully saturated rings. The Hall–Kier alpha value is -3.82. The normalized spacial score (nSPS) is 11.7. The number of hydrogen-bond acceptors (Lipinski definition) is 5. The second kappa shape index (κ2) is 8.37. The van der Waals surface area contributed by atoms with E-state index < -0.39 is 12.0 Å². The molecule has 1 aromatic carbocycles. The van der Waals surface area contributed by atoms with Crippen LogP contribution in [0.15, 0.2) is 54.7 Å². The molecule has 0 spiro atoms. The van der Waals surface area contributed by atoms with Crippen molar-refractivity contribution in [2.45, 2.75) is 33.0 Å². The molecule has 3 aromatic heterocycles. The van der Waals surface area contributed by atoms with Gasteiger partial charge in [0.1, 0.15) is 5.82 Å². The number of amides is 1. The zero-order valence-corrected chi connectivity index (χ0v) is 17.3. The number of halogens is 3. The van der Waals surface area contributed by atoms with E-state index in [1.54, 1.807) is 43.1 Å². The van der Waals surface area contributed by atoms with Crippen LogP contribution >= 0.6 is 0 Å². The number of anilines is 1. The van der Waals surface area contributed by atoms with Crippen LogP contribution in [0, 0.1) is 13.8 Å². The van der Waals surface area contributed by atoms with Crippen LogP contribution in [0.4, 0.5) is 19.0 Å². The highest BCUT2D eigenvalue weighted by atomic mass is 19.4. The molecule has 0 atom stereocenters. The number of fused-ring (bicyclic) bond motifs is 1. The van der Waals surface area contributed by atoms with Gasteiger partial charge in [-0.1, -0.05) is 36.4 Å². The number of nitrogens with zero attached hydrogens (tertiary/aromatic N) is 6. The molecular weight excluding hydrogens is 421 g/mol. The topological polar surface area (TPSA) is 76.3 Å². The van der Waals surface area contributed by atoms with Crippen LogP contribution in [0.25, 0.3) is 5.78 Å². The number of benzene rings is 1. The third-order valence-electron chi connectivity index (χ3n) is 5.04. The Morgan fingerprint density at radius 3 is 2.41 bits per heavy atom. The summed E-state index contributed by atoms with van der Waals surface area (Å²) in [6.07, 6.45) is -3.17. The maximum absolute atomic E-state index is 13.4. The number of aryl methyl sites for hydroxylation is 2. The molecule has 0 aliphatic rings. The molecule has 1 amide bonds. The van der Waals surface area contributed by atoms with E-state index in [-0.39, 0.29) is 18.1 Å². The molecule has 4 rings (SSSR count). The Balaban J connectivity index is 1.70. The van der Waals surface area contributed by atoms with Gasteiger partial charge in [0.2, 0.25) is 5.91 Å². The van der Waals surface area contributed by atoms with Crippen molar-refractivity contribution in [2.75, 3.05) is 4.90 Å². The van der Waals surface area contributed by atoms with Crippen molar-refractivity contribution in [1.82, 2.24) is 24.6 Å². The molecule has 0 N–H and O–H groups in total.